The largest absolute Gasteiger partial charge is 0.444 e. The van der Waals surface area contributed by atoms with E-state index in [1.165, 1.54) is 11.0 Å². The number of aryl methyl sites for hydroxylation is 1. The third-order valence-corrected chi connectivity index (χ3v) is 3.38. The molecule has 108 valence electrons. The van der Waals surface area contributed by atoms with E-state index in [2.05, 4.69) is 10.2 Å². The molecule has 21 heavy (non-hydrogen) atoms. The average molecular weight is 285 g/mol. The van der Waals surface area contributed by atoms with E-state index in [0.29, 0.717) is 12.2 Å². The number of ether oxygens (including phenoxy) is 1. The normalized spacial score (nSPS) is 13.6. The van der Waals surface area contributed by atoms with Gasteiger partial charge in [0, 0.05) is 12.6 Å². The fraction of sp³-hybridized carbons (Fsp3) is 0.267. The molecule has 2 aromatic rings. The third kappa shape index (κ3) is 2.94. The van der Waals surface area contributed by atoms with Crippen molar-refractivity contribution in [2.75, 3.05) is 11.4 Å². The molecular weight excluding hydrogens is 270 g/mol. The zero-order valence-electron chi connectivity index (χ0n) is 11.4. The average Bonchev–Trinajstić information content (AvgIpc) is 2.53. The predicted molar refractivity (Wildman–Crippen MR) is 77.2 cm³/mol. The Bertz CT molecular complexity index is 697. The van der Waals surface area contributed by atoms with Crippen LogP contribution in [0.15, 0.2) is 41.2 Å². The van der Waals surface area contributed by atoms with Gasteiger partial charge >= 0.3 is 6.09 Å². The maximum absolute atomic E-state index is 12.2. The molecule has 1 aliphatic heterocycles. The van der Waals surface area contributed by atoms with Crippen molar-refractivity contribution in [2.24, 2.45) is 0 Å². The maximum Gasteiger partial charge on any atom is 0.414 e. The van der Waals surface area contributed by atoms with E-state index in [-0.39, 0.29) is 12.2 Å². The van der Waals surface area contributed by atoms with E-state index in [0.717, 1.165) is 24.1 Å². The summed E-state index contributed by atoms with van der Waals surface area (Å²) in [7, 11) is 0. The van der Waals surface area contributed by atoms with Gasteiger partial charge in [-0.25, -0.2) is 9.89 Å². The molecule has 6 nitrogen and oxygen atoms in total. The Balaban J connectivity index is 1.74. The van der Waals surface area contributed by atoms with Gasteiger partial charge in [0.2, 0.25) is 0 Å². The molecule has 0 saturated carbocycles. The van der Waals surface area contributed by atoms with Crippen molar-refractivity contribution in [1.29, 1.82) is 0 Å². The molecule has 0 radical (unpaired) electrons. The molecule has 2 heterocycles. The molecule has 0 fully saturated rings. The van der Waals surface area contributed by atoms with Gasteiger partial charge in [-0.2, -0.15) is 5.10 Å². The molecule has 1 aliphatic rings. The van der Waals surface area contributed by atoms with Crippen molar-refractivity contribution in [1.82, 2.24) is 10.2 Å². The number of benzene rings is 1. The van der Waals surface area contributed by atoms with Gasteiger partial charge < -0.3 is 4.74 Å². The molecule has 0 atom stereocenters. The van der Waals surface area contributed by atoms with Crippen molar-refractivity contribution in [3.05, 3.63) is 58.0 Å². The molecule has 0 saturated heterocycles. The summed E-state index contributed by atoms with van der Waals surface area (Å²) in [6, 6.07) is 10.9. The highest BCUT2D eigenvalue weighted by atomic mass is 16.6. The van der Waals surface area contributed by atoms with E-state index in [1.807, 2.05) is 30.3 Å². The molecule has 1 aromatic heterocycles. The van der Waals surface area contributed by atoms with Gasteiger partial charge in [-0.3, -0.25) is 9.69 Å². The molecule has 1 N–H and O–H groups in total. The van der Waals surface area contributed by atoms with E-state index in [1.54, 1.807) is 0 Å². The lowest BCUT2D eigenvalue weighted by molar-refractivity contribution is 0.146. The SMILES string of the molecule is O=C(OCc1ccccc1)N1CCCc2n[nH]c(=O)cc21. The van der Waals surface area contributed by atoms with Crippen LogP contribution in [0.25, 0.3) is 0 Å². The first-order chi connectivity index (χ1) is 10.2. The van der Waals surface area contributed by atoms with Crippen molar-refractivity contribution in [3.8, 4) is 0 Å². The summed E-state index contributed by atoms with van der Waals surface area (Å²) in [4.78, 5) is 25.1. The number of hydrogen-bond donors (Lipinski definition) is 1. The first-order valence-corrected chi connectivity index (χ1v) is 6.81. The number of anilines is 1. The quantitative estimate of drug-likeness (QED) is 0.913. The Morgan fingerprint density at radius 2 is 2.14 bits per heavy atom. The van der Waals surface area contributed by atoms with E-state index >= 15 is 0 Å². The monoisotopic (exact) mass is 285 g/mol. The van der Waals surface area contributed by atoms with E-state index < -0.39 is 6.09 Å². The van der Waals surface area contributed by atoms with Gasteiger partial charge in [0.25, 0.3) is 5.56 Å². The van der Waals surface area contributed by atoms with Crippen molar-refractivity contribution in [2.45, 2.75) is 19.4 Å². The summed E-state index contributed by atoms with van der Waals surface area (Å²) in [5, 5.41) is 6.38. The number of aromatic nitrogens is 2. The summed E-state index contributed by atoms with van der Waals surface area (Å²) in [5.74, 6) is 0. The molecular formula is C15H15N3O3. The molecule has 0 aliphatic carbocycles. The lowest BCUT2D eigenvalue weighted by Gasteiger charge is -2.27. The minimum absolute atomic E-state index is 0.210. The predicted octanol–water partition coefficient (Wildman–Crippen LogP) is 1.86. The van der Waals surface area contributed by atoms with Crippen LogP contribution >= 0.6 is 0 Å². The van der Waals surface area contributed by atoms with Crippen molar-refractivity contribution in [3.63, 3.8) is 0 Å². The summed E-state index contributed by atoms with van der Waals surface area (Å²) in [6.45, 7) is 0.744. The molecule has 0 unspecified atom stereocenters. The second-order valence-corrected chi connectivity index (χ2v) is 4.86. The number of hydrogen-bond acceptors (Lipinski definition) is 4. The van der Waals surface area contributed by atoms with Crippen LogP contribution in [0.4, 0.5) is 10.5 Å². The number of amides is 1. The second kappa shape index (κ2) is 5.78. The summed E-state index contributed by atoms with van der Waals surface area (Å²) >= 11 is 0. The molecule has 0 bridgehead atoms. The maximum atomic E-state index is 12.2. The van der Waals surface area contributed by atoms with Crippen LogP contribution in [0.1, 0.15) is 17.7 Å². The van der Waals surface area contributed by atoms with Crippen LogP contribution in [0, 0.1) is 0 Å². The second-order valence-electron chi connectivity index (χ2n) is 4.86. The molecule has 3 rings (SSSR count). The summed E-state index contributed by atoms with van der Waals surface area (Å²) in [5.41, 5.74) is 1.86. The summed E-state index contributed by atoms with van der Waals surface area (Å²) in [6.07, 6.45) is 1.09. The van der Waals surface area contributed by atoms with E-state index in [4.69, 9.17) is 4.74 Å². The van der Waals surface area contributed by atoms with Crippen LogP contribution in [-0.4, -0.2) is 22.8 Å². The van der Waals surface area contributed by atoms with Gasteiger partial charge in [0.15, 0.2) is 0 Å². The number of H-pyrrole nitrogens is 1. The summed E-state index contributed by atoms with van der Waals surface area (Å²) < 4.78 is 5.31. The first kappa shape index (κ1) is 13.4. The zero-order chi connectivity index (χ0) is 14.7. The number of rotatable bonds is 2. The molecule has 6 heteroatoms. The van der Waals surface area contributed by atoms with Crippen LogP contribution < -0.4 is 10.5 Å². The standard InChI is InChI=1S/C15H15N3O3/c19-14-9-13-12(16-17-14)7-4-8-18(13)15(20)21-10-11-5-2-1-3-6-11/h1-3,5-6,9H,4,7-8,10H2,(H,17,19). The minimum Gasteiger partial charge on any atom is -0.444 e. The van der Waals surface area contributed by atoms with Crippen molar-refractivity contribution < 1.29 is 9.53 Å². The topological polar surface area (TPSA) is 75.3 Å². The van der Waals surface area contributed by atoms with Gasteiger partial charge in [-0.15, -0.1) is 0 Å². The van der Waals surface area contributed by atoms with Gasteiger partial charge in [-0.1, -0.05) is 30.3 Å². The van der Waals surface area contributed by atoms with Crippen molar-refractivity contribution >= 4 is 11.8 Å². The molecule has 1 aromatic carbocycles. The lowest BCUT2D eigenvalue weighted by atomic mass is 10.1. The van der Waals surface area contributed by atoms with Gasteiger partial charge in [0.05, 0.1) is 11.4 Å². The highest BCUT2D eigenvalue weighted by Gasteiger charge is 2.25. The number of carbonyl (C=O) groups is 1. The van der Waals surface area contributed by atoms with Crippen LogP contribution in [0.5, 0.6) is 0 Å². The minimum atomic E-state index is -0.452. The van der Waals surface area contributed by atoms with Gasteiger partial charge in [-0.05, 0) is 18.4 Å². The number of nitrogens with one attached hydrogen (secondary N) is 1. The number of aromatic amines is 1. The highest BCUT2D eigenvalue weighted by Crippen LogP contribution is 2.24. The lowest BCUT2D eigenvalue weighted by Crippen LogP contribution is -2.37. The Hall–Kier alpha value is -2.63. The Labute approximate surface area is 121 Å². The Morgan fingerprint density at radius 1 is 1.33 bits per heavy atom. The fourth-order valence-electron chi connectivity index (χ4n) is 2.35. The third-order valence-electron chi connectivity index (χ3n) is 3.38. The number of fused-ring (bicyclic) bond motifs is 1. The first-order valence-electron chi connectivity index (χ1n) is 6.81. The fourth-order valence-corrected chi connectivity index (χ4v) is 2.35. The Kier molecular flexibility index (Phi) is 3.68. The number of carbonyl (C=O) groups excluding carboxylic acids is 1. The number of nitrogens with zero attached hydrogens (tertiary/aromatic N) is 2. The van der Waals surface area contributed by atoms with Crippen LogP contribution in [0.2, 0.25) is 0 Å². The van der Waals surface area contributed by atoms with E-state index in [9.17, 15) is 9.59 Å². The van der Waals surface area contributed by atoms with Gasteiger partial charge in [0.1, 0.15) is 6.61 Å². The van der Waals surface area contributed by atoms with Crippen LogP contribution in [0.3, 0.4) is 0 Å². The van der Waals surface area contributed by atoms with Crippen LogP contribution in [-0.2, 0) is 17.8 Å². The zero-order valence-corrected chi connectivity index (χ0v) is 11.4. The Morgan fingerprint density at radius 3 is 2.95 bits per heavy atom. The molecule has 1 amide bonds. The smallest absolute Gasteiger partial charge is 0.414 e. The highest BCUT2D eigenvalue weighted by molar-refractivity contribution is 5.88. The molecule has 0 spiro atoms.